The quantitative estimate of drug-likeness (QED) is 0.740. The van der Waals surface area contributed by atoms with Gasteiger partial charge < -0.3 is 11.1 Å². The van der Waals surface area contributed by atoms with Gasteiger partial charge in [0.15, 0.2) is 0 Å². The molecule has 3 N–H and O–H groups in total. The summed E-state index contributed by atoms with van der Waals surface area (Å²) in [5, 5.41) is 2.93. The third-order valence-corrected chi connectivity index (χ3v) is 4.25. The molecule has 0 aromatic rings. The summed E-state index contributed by atoms with van der Waals surface area (Å²) >= 11 is 1.95. The van der Waals surface area contributed by atoms with E-state index in [2.05, 4.69) is 12.2 Å². The fourth-order valence-corrected chi connectivity index (χ4v) is 2.81. The van der Waals surface area contributed by atoms with E-state index in [1.54, 1.807) is 0 Å². The van der Waals surface area contributed by atoms with Crippen LogP contribution in [0.15, 0.2) is 0 Å². The maximum Gasteiger partial charge on any atom is 0.236 e. The van der Waals surface area contributed by atoms with Crippen LogP contribution in [0.3, 0.4) is 0 Å². The molecule has 2 atom stereocenters. The van der Waals surface area contributed by atoms with E-state index in [1.165, 1.54) is 18.6 Å². The van der Waals surface area contributed by atoms with Crippen molar-refractivity contribution < 1.29 is 4.79 Å². The largest absolute Gasteiger partial charge is 0.353 e. The summed E-state index contributed by atoms with van der Waals surface area (Å²) in [5.41, 5.74) is 5.63. The lowest BCUT2D eigenvalue weighted by Crippen LogP contribution is -2.45. The van der Waals surface area contributed by atoms with E-state index >= 15 is 0 Å². The molecule has 1 rings (SSSR count). The second kappa shape index (κ2) is 5.03. The highest BCUT2D eigenvalue weighted by Crippen LogP contribution is 2.36. The molecule has 1 unspecified atom stereocenters. The SMILES string of the molecule is CC[C@H](N)C(=O)NCC1(C)CCCS1. The van der Waals surface area contributed by atoms with E-state index in [9.17, 15) is 4.79 Å². The number of nitrogens with two attached hydrogens (primary N) is 1. The van der Waals surface area contributed by atoms with Crippen molar-refractivity contribution in [3.63, 3.8) is 0 Å². The minimum absolute atomic E-state index is 0.0128. The molecule has 1 amide bonds. The first kappa shape index (κ1) is 11.9. The van der Waals surface area contributed by atoms with Crippen LogP contribution in [0.1, 0.15) is 33.1 Å². The summed E-state index contributed by atoms with van der Waals surface area (Å²) in [6.45, 7) is 4.89. The smallest absolute Gasteiger partial charge is 0.236 e. The number of amides is 1. The highest BCUT2D eigenvalue weighted by molar-refractivity contribution is 8.00. The van der Waals surface area contributed by atoms with Crippen molar-refractivity contribution in [3.05, 3.63) is 0 Å². The molecular weight excluding hydrogens is 196 g/mol. The maximum absolute atomic E-state index is 11.4. The molecule has 0 radical (unpaired) electrons. The van der Waals surface area contributed by atoms with Crippen LogP contribution in [0.5, 0.6) is 0 Å². The summed E-state index contributed by atoms with van der Waals surface area (Å²) in [4.78, 5) is 11.4. The Bertz CT molecular complexity index is 202. The minimum atomic E-state index is -0.343. The summed E-state index contributed by atoms with van der Waals surface area (Å²) in [5.74, 6) is 1.20. The van der Waals surface area contributed by atoms with Crippen molar-refractivity contribution >= 4 is 17.7 Å². The highest BCUT2D eigenvalue weighted by atomic mass is 32.2. The van der Waals surface area contributed by atoms with Crippen molar-refractivity contribution in [2.75, 3.05) is 12.3 Å². The van der Waals surface area contributed by atoms with Gasteiger partial charge in [-0.25, -0.2) is 0 Å². The lowest BCUT2D eigenvalue weighted by Gasteiger charge is -2.23. The van der Waals surface area contributed by atoms with Crippen molar-refractivity contribution in [1.82, 2.24) is 5.32 Å². The van der Waals surface area contributed by atoms with Crippen molar-refractivity contribution in [2.24, 2.45) is 5.73 Å². The van der Waals surface area contributed by atoms with E-state index < -0.39 is 0 Å². The lowest BCUT2D eigenvalue weighted by atomic mass is 10.1. The molecule has 82 valence electrons. The van der Waals surface area contributed by atoms with Crippen LogP contribution >= 0.6 is 11.8 Å². The topological polar surface area (TPSA) is 55.1 Å². The number of hydrogen-bond acceptors (Lipinski definition) is 3. The van der Waals surface area contributed by atoms with Gasteiger partial charge in [0.05, 0.1) is 6.04 Å². The Morgan fingerprint density at radius 3 is 2.93 bits per heavy atom. The molecule has 14 heavy (non-hydrogen) atoms. The number of carbonyl (C=O) groups is 1. The van der Waals surface area contributed by atoms with Crippen molar-refractivity contribution in [2.45, 2.75) is 43.9 Å². The molecule has 0 aliphatic carbocycles. The van der Waals surface area contributed by atoms with Gasteiger partial charge in [-0.2, -0.15) is 11.8 Å². The van der Waals surface area contributed by atoms with Gasteiger partial charge in [0.25, 0.3) is 0 Å². The van der Waals surface area contributed by atoms with Gasteiger partial charge in [-0.15, -0.1) is 0 Å². The highest BCUT2D eigenvalue weighted by Gasteiger charge is 2.30. The van der Waals surface area contributed by atoms with Crippen molar-refractivity contribution in [1.29, 1.82) is 0 Å². The third-order valence-electron chi connectivity index (χ3n) is 2.71. The molecule has 0 bridgehead atoms. The van der Waals surface area contributed by atoms with E-state index in [1.807, 2.05) is 18.7 Å². The second-order valence-electron chi connectivity index (χ2n) is 4.13. The predicted molar refractivity (Wildman–Crippen MR) is 61.4 cm³/mol. The zero-order valence-corrected chi connectivity index (χ0v) is 9.82. The molecule has 4 heteroatoms. The third kappa shape index (κ3) is 3.17. The summed E-state index contributed by atoms with van der Waals surface area (Å²) in [6.07, 6.45) is 3.16. The Balaban J connectivity index is 2.29. The monoisotopic (exact) mass is 216 g/mol. The van der Waals surface area contributed by atoms with Crippen LogP contribution in [-0.2, 0) is 4.79 Å². The molecule has 1 aliphatic rings. The summed E-state index contributed by atoms with van der Waals surface area (Å²) < 4.78 is 0.239. The minimum Gasteiger partial charge on any atom is -0.353 e. The summed E-state index contributed by atoms with van der Waals surface area (Å²) in [7, 11) is 0. The van der Waals surface area contributed by atoms with E-state index in [0.29, 0.717) is 6.42 Å². The first-order chi connectivity index (χ1) is 6.57. The Hall–Kier alpha value is -0.220. The van der Waals surface area contributed by atoms with E-state index in [-0.39, 0.29) is 16.7 Å². The van der Waals surface area contributed by atoms with Gasteiger partial charge in [-0.3, -0.25) is 4.79 Å². The fraction of sp³-hybridized carbons (Fsp3) is 0.900. The van der Waals surface area contributed by atoms with Gasteiger partial charge in [-0.1, -0.05) is 6.92 Å². The molecule has 1 saturated heterocycles. The van der Waals surface area contributed by atoms with Crippen molar-refractivity contribution in [3.8, 4) is 0 Å². The van der Waals surface area contributed by atoms with Crippen LogP contribution < -0.4 is 11.1 Å². The molecule has 0 spiro atoms. The molecule has 1 fully saturated rings. The zero-order chi connectivity index (χ0) is 10.6. The van der Waals surface area contributed by atoms with E-state index in [0.717, 1.165) is 6.54 Å². The van der Waals surface area contributed by atoms with Gasteiger partial charge in [0.1, 0.15) is 0 Å². The average molecular weight is 216 g/mol. The number of rotatable bonds is 4. The maximum atomic E-state index is 11.4. The standard InChI is InChI=1S/C10H20N2OS/c1-3-8(11)9(13)12-7-10(2)5-4-6-14-10/h8H,3-7,11H2,1-2H3,(H,12,13)/t8-,10?/m0/s1. The first-order valence-corrected chi connectivity index (χ1v) is 6.23. The molecule has 1 heterocycles. The van der Waals surface area contributed by atoms with Crippen LogP contribution in [0.25, 0.3) is 0 Å². The summed E-state index contributed by atoms with van der Waals surface area (Å²) in [6, 6.07) is -0.343. The number of carbonyl (C=O) groups excluding carboxylic acids is 1. The second-order valence-corrected chi connectivity index (χ2v) is 5.82. The molecular formula is C10H20N2OS. The molecule has 0 aromatic carbocycles. The van der Waals surface area contributed by atoms with Gasteiger partial charge >= 0.3 is 0 Å². The molecule has 0 saturated carbocycles. The van der Waals surface area contributed by atoms with Crippen LogP contribution in [-0.4, -0.2) is 29.0 Å². The van der Waals surface area contributed by atoms with Crippen LogP contribution in [0.2, 0.25) is 0 Å². The molecule has 1 aliphatic heterocycles. The van der Waals surface area contributed by atoms with Gasteiger partial charge in [0, 0.05) is 11.3 Å². The molecule has 3 nitrogen and oxygen atoms in total. The number of thioether (sulfide) groups is 1. The van der Waals surface area contributed by atoms with E-state index in [4.69, 9.17) is 5.73 Å². The van der Waals surface area contributed by atoms with Gasteiger partial charge in [0.2, 0.25) is 5.91 Å². The Morgan fingerprint density at radius 1 is 1.71 bits per heavy atom. The predicted octanol–water partition coefficient (Wildman–Crippen LogP) is 1.13. The van der Waals surface area contributed by atoms with Crippen LogP contribution in [0, 0.1) is 0 Å². The molecule has 0 aromatic heterocycles. The fourth-order valence-electron chi connectivity index (χ4n) is 1.57. The normalized spacial score (nSPS) is 28.8. The Kier molecular flexibility index (Phi) is 4.26. The van der Waals surface area contributed by atoms with Gasteiger partial charge in [-0.05, 0) is 31.9 Å². The average Bonchev–Trinajstić information content (AvgIpc) is 2.61. The first-order valence-electron chi connectivity index (χ1n) is 5.24. The van der Waals surface area contributed by atoms with Crippen LogP contribution in [0.4, 0.5) is 0 Å². The lowest BCUT2D eigenvalue weighted by molar-refractivity contribution is -0.122. The number of nitrogens with one attached hydrogen (secondary N) is 1. The zero-order valence-electron chi connectivity index (χ0n) is 9.01. The Labute approximate surface area is 90.2 Å². The number of hydrogen-bond donors (Lipinski definition) is 2. The Morgan fingerprint density at radius 2 is 2.43 bits per heavy atom.